The van der Waals surface area contributed by atoms with Crippen LogP contribution < -0.4 is 14.2 Å². The maximum atomic E-state index is 11.9. The minimum absolute atomic E-state index is 0.105. The zero-order valence-electron chi connectivity index (χ0n) is 9.79. The van der Waals surface area contributed by atoms with E-state index in [9.17, 15) is 8.42 Å². The molecule has 2 N–H and O–H groups in total. The molecule has 8 heteroatoms. The highest BCUT2D eigenvalue weighted by Gasteiger charge is 2.16. The second kappa shape index (κ2) is 4.56. The number of aromatic amines is 1. The number of H-pyrrole nitrogens is 1. The van der Waals surface area contributed by atoms with E-state index in [4.69, 9.17) is 9.47 Å². The summed E-state index contributed by atoms with van der Waals surface area (Å²) in [5, 5.41) is 6.07. The lowest BCUT2D eigenvalue weighted by molar-refractivity contribution is 0.174. The van der Waals surface area contributed by atoms with Crippen molar-refractivity contribution in [3.63, 3.8) is 0 Å². The Morgan fingerprint density at radius 3 is 2.95 bits per heavy atom. The highest BCUT2D eigenvalue weighted by atomic mass is 32.2. The van der Waals surface area contributed by atoms with E-state index in [0.29, 0.717) is 11.5 Å². The fraction of sp³-hybridized carbons (Fsp3) is 0.182. The third-order valence-corrected chi connectivity index (χ3v) is 4.05. The van der Waals surface area contributed by atoms with E-state index in [1.165, 1.54) is 12.4 Å². The first kappa shape index (κ1) is 12.0. The number of aromatic nitrogens is 2. The Labute approximate surface area is 109 Å². The van der Waals surface area contributed by atoms with Crippen molar-refractivity contribution < 1.29 is 17.9 Å². The lowest BCUT2D eigenvalue weighted by Gasteiger charge is -2.05. The molecule has 0 spiro atoms. The Hall–Kier alpha value is -2.06. The summed E-state index contributed by atoms with van der Waals surface area (Å²) < 4.78 is 36.6. The largest absolute Gasteiger partial charge is 0.454 e. The first-order valence-electron chi connectivity index (χ1n) is 5.52. The molecule has 0 saturated carbocycles. The Balaban J connectivity index is 1.73. The van der Waals surface area contributed by atoms with Crippen LogP contribution in [0, 0.1) is 0 Å². The van der Waals surface area contributed by atoms with E-state index in [2.05, 4.69) is 14.9 Å². The first-order valence-corrected chi connectivity index (χ1v) is 7.00. The van der Waals surface area contributed by atoms with Crippen molar-refractivity contribution in [2.24, 2.45) is 0 Å². The zero-order chi connectivity index (χ0) is 13.3. The van der Waals surface area contributed by atoms with Crippen molar-refractivity contribution >= 4 is 10.0 Å². The number of hydrogen-bond acceptors (Lipinski definition) is 5. The van der Waals surface area contributed by atoms with Crippen molar-refractivity contribution in [3.05, 3.63) is 36.2 Å². The van der Waals surface area contributed by atoms with Gasteiger partial charge in [0.2, 0.25) is 16.8 Å². The van der Waals surface area contributed by atoms with Crippen molar-refractivity contribution in [1.82, 2.24) is 14.9 Å². The van der Waals surface area contributed by atoms with Gasteiger partial charge < -0.3 is 9.47 Å². The van der Waals surface area contributed by atoms with Gasteiger partial charge in [-0.3, -0.25) is 5.10 Å². The van der Waals surface area contributed by atoms with Crippen LogP contribution in [-0.4, -0.2) is 25.4 Å². The summed E-state index contributed by atoms with van der Waals surface area (Å²) in [5.41, 5.74) is 0.788. The molecule has 0 radical (unpaired) electrons. The first-order chi connectivity index (χ1) is 9.15. The normalized spacial score (nSPS) is 13.7. The quantitative estimate of drug-likeness (QED) is 0.856. The van der Waals surface area contributed by atoms with Crippen LogP contribution in [-0.2, 0) is 16.6 Å². The molecule has 1 aliphatic rings. The van der Waals surface area contributed by atoms with Crippen LogP contribution in [0.3, 0.4) is 0 Å². The standard InChI is InChI=1S/C11H11N3O4S/c15-19(16,9-5-12-13-6-9)14-4-8-1-2-10-11(3-8)18-7-17-10/h1-3,5-6,14H,4,7H2,(H,12,13). The van der Waals surface area contributed by atoms with Gasteiger partial charge in [-0.2, -0.15) is 5.10 Å². The number of benzene rings is 1. The Morgan fingerprint density at radius 2 is 2.16 bits per heavy atom. The molecule has 0 fully saturated rings. The lowest BCUT2D eigenvalue weighted by Crippen LogP contribution is -2.22. The molecule has 2 aromatic rings. The van der Waals surface area contributed by atoms with Gasteiger partial charge in [-0.05, 0) is 17.7 Å². The fourth-order valence-corrected chi connectivity index (χ4v) is 2.62. The van der Waals surface area contributed by atoms with Crippen molar-refractivity contribution in [2.45, 2.75) is 11.4 Å². The number of sulfonamides is 1. The number of rotatable bonds is 4. The molecule has 0 bridgehead atoms. The molecule has 0 saturated heterocycles. The highest BCUT2D eigenvalue weighted by molar-refractivity contribution is 7.89. The number of nitrogens with zero attached hydrogens (tertiary/aromatic N) is 1. The molecule has 0 atom stereocenters. The predicted octanol–water partition coefficient (Wildman–Crippen LogP) is 0.617. The van der Waals surface area contributed by atoms with Crippen LogP contribution in [0.1, 0.15) is 5.56 Å². The molecule has 0 unspecified atom stereocenters. The van der Waals surface area contributed by atoms with E-state index >= 15 is 0 Å². The van der Waals surface area contributed by atoms with E-state index in [-0.39, 0.29) is 18.2 Å². The van der Waals surface area contributed by atoms with Crippen LogP contribution in [0.2, 0.25) is 0 Å². The molecular formula is C11H11N3O4S. The third kappa shape index (κ3) is 2.40. The van der Waals surface area contributed by atoms with E-state index in [0.717, 1.165) is 5.56 Å². The Kier molecular flexibility index (Phi) is 2.88. The molecule has 0 aliphatic carbocycles. The molecular weight excluding hydrogens is 270 g/mol. The summed E-state index contributed by atoms with van der Waals surface area (Å²) in [6.45, 7) is 0.365. The zero-order valence-corrected chi connectivity index (χ0v) is 10.6. The SMILES string of the molecule is O=S(=O)(NCc1ccc2c(c1)OCO2)c1cn[nH]c1. The number of hydrogen-bond donors (Lipinski definition) is 2. The van der Waals surface area contributed by atoms with Crippen LogP contribution in [0.25, 0.3) is 0 Å². The number of nitrogens with one attached hydrogen (secondary N) is 2. The summed E-state index contributed by atoms with van der Waals surface area (Å²) in [5.74, 6) is 1.29. The summed E-state index contributed by atoms with van der Waals surface area (Å²) in [7, 11) is -3.55. The number of ether oxygens (including phenoxy) is 2. The minimum Gasteiger partial charge on any atom is -0.454 e. The topological polar surface area (TPSA) is 93.3 Å². The molecule has 3 rings (SSSR count). The van der Waals surface area contributed by atoms with Gasteiger partial charge in [-0.15, -0.1) is 0 Å². The average Bonchev–Trinajstić information content (AvgIpc) is 3.07. The van der Waals surface area contributed by atoms with Gasteiger partial charge in [-0.25, -0.2) is 13.1 Å². The summed E-state index contributed by atoms with van der Waals surface area (Å²) >= 11 is 0. The number of fused-ring (bicyclic) bond motifs is 1. The minimum atomic E-state index is -3.55. The molecule has 1 aromatic carbocycles. The van der Waals surface area contributed by atoms with E-state index in [1.54, 1.807) is 18.2 Å². The second-order valence-corrected chi connectivity index (χ2v) is 5.71. The molecule has 1 aromatic heterocycles. The summed E-state index contributed by atoms with van der Waals surface area (Å²) in [6.07, 6.45) is 2.57. The summed E-state index contributed by atoms with van der Waals surface area (Å²) in [4.78, 5) is 0.105. The van der Waals surface area contributed by atoms with Gasteiger partial charge >= 0.3 is 0 Å². The molecule has 0 amide bonds. The fourth-order valence-electron chi connectivity index (χ4n) is 1.70. The lowest BCUT2D eigenvalue weighted by atomic mass is 10.2. The van der Waals surface area contributed by atoms with Gasteiger partial charge in [0.1, 0.15) is 4.90 Å². The predicted molar refractivity (Wildman–Crippen MR) is 65.2 cm³/mol. The van der Waals surface area contributed by atoms with Crippen molar-refractivity contribution in [1.29, 1.82) is 0 Å². The summed E-state index contributed by atoms with van der Waals surface area (Å²) in [6, 6.07) is 5.29. The smallest absolute Gasteiger partial charge is 0.243 e. The van der Waals surface area contributed by atoms with Gasteiger partial charge in [0.05, 0.1) is 6.20 Å². The Morgan fingerprint density at radius 1 is 1.32 bits per heavy atom. The molecule has 2 heterocycles. The van der Waals surface area contributed by atoms with Crippen LogP contribution in [0.15, 0.2) is 35.5 Å². The Bertz CT molecular complexity index is 682. The van der Waals surface area contributed by atoms with Gasteiger partial charge in [0, 0.05) is 12.7 Å². The maximum absolute atomic E-state index is 11.9. The molecule has 19 heavy (non-hydrogen) atoms. The van der Waals surface area contributed by atoms with Gasteiger partial charge in [-0.1, -0.05) is 6.07 Å². The monoisotopic (exact) mass is 281 g/mol. The van der Waals surface area contributed by atoms with Gasteiger partial charge in [0.15, 0.2) is 11.5 Å². The van der Waals surface area contributed by atoms with Crippen molar-refractivity contribution in [3.8, 4) is 11.5 Å². The van der Waals surface area contributed by atoms with Crippen LogP contribution in [0.4, 0.5) is 0 Å². The molecule has 7 nitrogen and oxygen atoms in total. The van der Waals surface area contributed by atoms with Crippen LogP contribution in [0.5, 0.6) is 11.5 Å². The van der Waals surface area contributed by atoms with E-state index < -0.39 is 10.0 Å². The highest BCUT2D eigenvalue weighted by Crippen LogP contribution is 2.32. The average molecular weight is 281 g/mol. The second-order valence-electron chi connectivity index (χ2n) is 3.95. The maximum Gasteiger partial charge on any atom is 0.243 e. The van der Waals surface area contributed by atoms with Crippen LogP contribution >= 0.6 is 0 Å². The molecule has 1 aliphatic heterocycles. The van der Waals surface area contributed by atoms with Gasteiger partial charge in [0.25, 0.3) is 0 Å². The molecule has 100 valence electrons. The van der Waals surface area contributed by atoms with E-state index in [1.807, 2.05) is 0 Å². The van der Waals surface area contributed by atoms with Crippen molar-refractivity contribution in [2.75, 3.05) is 6.79 Å². The third-order valence-electron chi connectivity index (χ3n) is 2.69.